The van der Waals surface area contributed by atoms with E-state index < -0.39 is 5.97 Å². The number of aryl methyl sites for hydroxylation is 3. The molecular weight excluding hydrogens is 372 g/mol. The molecule has 9 nitrogen and oxygen atoms in total. The average Bonchev–Trinajstić information content (AvgIpc) is 3.05. The SMILES string of the molecule is Cc1ccccc1CNC(=O)COC(=O)CCc1c(C)nc2nc(N)nn2c1C. The van der Waals surface area contributed by atoms with E-state index in [-0.39, 0.29) is 24.9 Å². The summed E-state index contributed by atoms with van der Waals surface area (Å²) in [6.07, 6.45) is 0.550. The predicted molar refractivity (Wildman–Crippen MR) is 107 cm³/mol. The third-order valence-corrected chi connectivity index (χ3v) is 4.75. The van der Waals surface area contributed by atoms with Crippen LogP contribution in [0.25, 0.3) is 5.78 Å². The molecule has 29 heavy (non-hydrogen) atoms. The molecule has 0 aliphatic rings. The molecular formula is C20H24N6O3. The topological polar surface area (TPSA) is 124 Å². The van der Waals surface area contributed by atoms with Gasteiger partial charge in [0.15, 0.2) is 6.61 Å². The van der Waals surface area contributed by atoms with E-state index in [0.717, 1.165) is 28.1 Å². The minimum atomic E-state index is -0.451. The lowest BCUT2D eigenvalue weighted by Crippen LogP contribution is -2.28. The number of nitrogen functional groups attached to an aromatic ring is 1. The highest BCUT2D eigenvalue weighted by molar-refractivity contribution is 5.80. The van der Waals surface area contributed by atoms with Gasteiger partial charge in [-0.25, -0.2) is 4.98 Å². The zero-order chi connectivity index (χ0) is 21.0. The molecule has 0 aliphatic carbocycles. The molecule has 3 N–H and O–H groups in total. The molecule has 0 saturated carbocycles. The van der Waals surface area contributed by atoms with Gasteiger partial charge in [0.25, 0.3) is 11.7 Å². The van der Waals surface area contributed by atoms with Crippen LogP contribution in [0.3, 0.4) is 0 Å². The number of aromatic nitrogens is 4. The Morgan fingerprint density at radius 1 is 1.17 bits per heavy atom. The smallest absolute Gasteiger partial charge is 0.306 e. The Labute approximate surface area is 168 Å². The maximum absolute atomic E-state index is 12.1. The van der Waals surface area contributed by atoms with Crippen molar-refractivity contribution in [3.05, 3.63) is 52.3 Å². The summed E-state index contributed by atoms with van der Waals surface area (Å²) >= 11 is 0. The number of amides is 1. The molecule has 9 heteroatoms. The molecule has 3 rings (SSSR count). The van der Waals surface area contributed by atoms with E-state index in [1.54, 1.807) is 4.52 Å². The zero-order valence-electron chi connectivity index (χ0n) is 16.7. The lowest BCUT2D eigenvalue weighted by Gasteiger charge is -2.11. The number of hydrogen-bond donors (Lipinski definition) is 2. The van der Waals surface area contributed by atoms with Crippen molar-refractivity contribution < 1.29 is 14.3 Å². The number of carbonyl (C=O) groups excluding carboxylic acids is 2. The van der Waals surface area contributed by atoms with E-state index in [4.69, 9.17) is 10.5 Å². The quantitative estimate of drug-likeness (QED) is 0.579. The number of nitrogens with zero attached hydrogens (tertiary/aromatic N) is 4. The van der Waals surface area contributed by atoms with Crippen LogP contribution in [0.4, 0.5) is 5.95 Å². The number of fused-ring (bicyclic) bond motifs is 1. The first-order valence-corrected chi connectivity index (χ1v) is 9.30. The van der Waals surface area contributed by atoms with Crippen LogP contribution in [0.1, 0.15) is 34.5 Å². The van der Waals surface area contributed by atoms with Crippen molar-refractivity contribution >= 4 is 23.6 Å². The molecule has 0 bridgehead atoms. The Morgan fingerprint density at radius 2 is 1.93 bits per heavy atom. The molecule has 0 radical (unpaired) electrons. The fourth-order valence-electron chi connectivity index (χ4n) is 3.08. The van der Waals surface area contributed by atoms with Crippen LogP contribution >= 0.6 is 0 Å². The Balaban J connectivity index is 1.49. The number of hydrogen-bond acceptors (Lipinski definition) is 7. The van der Waals surface area contributed by atoms with Gasteiger partial charge in [0.05, 0.1) is 0 Å². The summed E-state index contributed by atoms with van der Waals surface area (Å²) in [4.78, 5) is 32.4. The Morgan fingerprint density at radius 3 is 2.69 bits per heavy atom. The summed E-state index contributed by atoms with van der Waals surface area (Å²) in [5.74, 6) is -0.217. The molecule has 0 saturated heterocycles. The van der Waals surface area contributed by atoms with Crippen molar-refractivity contribution in [1.82, 2.24) is 24.9 Å². The molecule has 2 heterocycles. The molecule has 0 aliphatic heterocycles. The largest absolute Gasteiger partial charge is 0.456 e. The van der Waals surface area contributed by atoms with Gasteiger partial charge in [-0.1, -0.05) is 24.3 Å². The summed E-state index contributed by atoms with van der Waals surface area (Å²) in [7, 11) is 0. The number of carbonyl (C=O) groups is 2. The van der Waals surface area contributed by atoms with Crippen LogP contribution in [0.5, 0.6) is 0 Å². The number of ether oxygens (including phenoxy) is 1. The lowest BCUT2D eigenvalue weighted by molar-refractivity contribution is -0.148. The van der Waals surface area contributed by atoms with Crippen LogP contribution in [0, 0.1) is 20.8 Å². The molecule has 0 atom stereocenters. The molecule has 1 amide bonds. The van der Waals surface area contributed by atoms with Crippen LogP contribution in [0.2, 0.25) is 0 Å². The van der Waals surface area contributed by atoms with Crippen molar-refractivity contribution in [2.24, 2.45) is 0 Å². The second-order valence-electron chi connectivity index (χ2n) is 6.81. The molecule has 0 spiro atoms. The van der Waals surface area contributed by atoms with Gasteiger partial charge in [-0.2, -0.15) is 9.50 Å². The molecule has 1 aromatic carbocycles. The normalized spacial score (nSPS) is 10.9. The molecule has 3 aromatic rings. The number of rotatable bonds is 7. The molecule has 0 fully saturated rings. The first-order valence-electron chi connectivity index (χ1n) is 9.30. The van der Waals surface area contributed by atoms with Gasteiger partial charge < -0.3 is 15.8 Å². The van der Waals surface area contributed by atoms with Crippen LogP contribution < -0.4 is 11.1 Å². The maximum Gasteiger partial charge on any atom is 0.306 e. The van der Waals surface area contributed by atoms with E-state index >= 15 is 0 Å². The highest BCUT2D eigenvalue weighted by atomic mass is 16.5. The summed E-state index contributed by atoms with van der Waals surface area (Å²) in [6, 6.07) is 7.78. The van der Waals surface area contributed by atoms with Crippen molar-refractivity contribution in [2.45, 2.75) is 40.2 Å². The van der Waals surface area contributed by atoms with Crippen molar-refractivity contribution in [3.63, 3.8) is 0 Å². The van der Waals surface area contributed by atoms with E-state index in [0.29, 0.717) is 18.7 Å². The highest BCUT2D eigenvalue weighted by Crippen LogP contribution is 2.16. The van der Waals surface area contributed by atoms with E-state index in [1.807, 2.05) is 45.0 Å². The van der Waals surface area contributed by atoms with Gasteiger partial charge in [-0.3, -0.25) is 9.59 Å². The number of esters is 1. The minimum Gasteiger partial charge on any atom is -0.456 e. The fraction of sp³-hybridized carbons (Fsp3) is 0.350. The summed E-state index contributed by atoms with van der Waals surface area (Å²) < 4.78 is 6.65. The average molecular weight is 396 g/mol. The molecule has 0 unspecified atom stereocenters. The second-order valence-corrected chi connectivity index (χ2v) is 6.81. The van der Waals surface area contributed by atoms with Crippen molar-refractivity contribution in [2.75, 3.05) is 12.3 Å². The van der Waals surface area contributed by atoms with Crippen molar-refractivity contribution in [3.8, 4) is 0 Å². The number of benzene rings is 1. The maximum atomic E-state index is 12.1. The summed E-state index contributed by atoms with van der Waals surface area (Å²) in [5.41, 5.74) is 10.2. The number of nitrogens with one attached hydrogen (secondary N) is 1. The lowest BCUT2D eigenvalue weighted by atomic mass is 10.1. The monoisotopic (exact) mass is 396 g/mol. The third-order valence-electron chi connectivity index (χ3n) is 4.75. The Hall–Kier alpha value is -3.49. The summed E-state index contributed by atoms with van der Waals surface area (Å²) in [5, 5.41) is 6.86. The van der Waals surface area contributed by atoms with Gasteiger partial charge in [-0.05, 0) is 43.9 Å². The number of nitrogens with two attached hydrogens (primary N) is 1. The Bertz CT molecular complexity index is 1060. The molecule has 2 aromatic heterocycles. The fourth-order valence-corrected chi connectivity index (χ4v) is 3.08. The van der Waals surface area contributed by atoms with Gasteiger partial charge in [-0.15, -0.1) is 5.10 Å². The van der Waals surface area contributed by atoms with E-state index in [9.17, 15) is 9.59 Å². The Kier molecular flexibility index (Phi) is 6.06. The zero-order valence-corrected chi connectivity index (χ0v) is 16.7. The van der Waals surface area contributed by atoms with Gasteiger partial charge in [0.1, 0.15) is 0 Å². The van der Waals surface area contributed by atoms with E-state index in [1.165, 1.54) is 0 Å². The minimum absolute atomic E-state index is 0.129. The first kappa shape index (κ1) is 20.2. The standard InChI is InChI=1S/C20H24N6O3/c1-12-6-4-5-7-15(12)10-22-17(27)11-29-18(28)9-8-16-13(2)23-20-24-19(21)25-26(20)14(16)3/h4-7H,8-11H2,1-3H3,(H2,21,25)(H,22,27). The van der Waals surface area contributed by atoms with Crippen LogP contribution in [-0.2, 0) is 27.3 Å². The van der Waals surface area contributed by atoms with Crippen molar-refractivity contribution in [1.29, 1.82) is 0 Å². The van der Waals surface area contributed by atoms with Gasteiger partial charge >= 0.3 is 5.97 Å². The summed E-state index contributed by atoms with van der Waals surface area (Å²) in [6.45, 7) is 5.78. The molecule has 152 valence electrons. The highest BCUT2D eigenvalue weighted by Gasteiger charge is 2.15. The first-order chi connectivity index (χ1) is 13.8. The number of anilines is 1. The van der Waals surface area contributed by atoms with Gasteiger partial charge in [0, 0.05) is 24.4 Å². The second kappa shape index (κ2) is 8.68. The van der Waals surface area contributed by atoms with Gasteiger partial charge in [0.2, 0.25) is 5.95 Å². The third kappa shape index (κ3) is 4.87. The predicted octanol–water partition coefficient (Wildman–Crippen LogP) is 1.42. The van der Waals surface area contributed by atoms with E-state index in [2.05, 4.69) is 20.4 Å². The van der Waals surface area contributed by atoms with Crippen LogP contribution in [0.15, 0.2) is 24.3 Å². The van der Waals surface area contributed by atoms with Crippen LogP contribution in [-0.4, -0.2) is 38.1 Å².